The van der Waals surface area contributed by atoms with Crippen LogP contribution in [0, 0.1) is 0 Å². The minimum atomic E-state index is -0.617. The summed E-state index contributed by atoms with van der Waals surface area (Å²) in [6, 6.07) is 8.24. The first-order valence-electron chi connectivity index (χ1n) is 4.76. The molecule has 1 aromatic carbocycles. The lowest BCUT2D eigenvalue weighted by atomic mass is 9.87. The Bertz CT molecular complexity index is 323. The first-order chi connectivity index (χ1) is 6.74. The van der Waals surface area contributed by atoms with E-state index in [9.17, 15) is 5.11 Å². The molecular weight excluding hydrogens is 194 g/mol. The molecule has 14 heavy (non-hydrogen) atoms. The number of β-amino-alcohol motifs (C(OH)–C–C–N with tert-alkyl or cyclic N) is 1. The van der Waals surface area contributed by atoms with Gasteiger partial charge in [-0.2, -0.15) is 11.8 Å². The number of hydrogen-bond acceptors (Lipinski definition) is 3. The topological polar surface area (TPSA) is 32.3 Å². The average molecular weight is 209 g/mol. The fourth-order valence-electron chi connectivity index (χ4n) is 1.68. The van der Waals surface area contributed by atoms with Gasteiger partial charge in [0.2, 0.25) is 0 Å². The van der Waals surface area contributed by atoms with Crippen LogP contribution in [0.2, 0.25) is 0 Å². The van der Waals surface area contributed by atoms with E-state index in [2.05, 4.69) is 23.7 Å². The van der Waals surface area contributed by atoms with Crippen LogP contribution < -0.4 is 5.32 Å². The molecule has 0 radical (unpaired) electrons. The Morgan fingerprint density at radius 3 is 2.86 bits per heavy atom. The van der Waals surface area contributed by atoms with Gasteiger partial charge in [0.05, 0.1) is 0 Å². The van der Waals surface area contributed by atoms with E-state index in [-0.39, 0.29) is 0 Å². The normalized spacial score (nSPS) is 19.0. The molecule has 2 N–H and O–H groups in total. The third-order valence-corrected chi connectivity index (χ3v) is 3.23. The second-order valence-corrected chi connectivity index (χ2v) is 4.63. The van der Waals surface area contributed by atoms with Gasteiger partial charge in [-0.05, 0) is 17.4 Å². The molecule has 2 nitrogen and oxygen atoms in total. The fourth-order valence-corrected chi connectivity index (χ4v) is 2.20. The standard InChI is InChI=1S/C11H15NOS/c1-14-6-9-3-2-4-10(5-9)11(13)7-12-8-11/h2-5,12-13H,6-8H2,1H3. The van der Waals surface area contributed by atoms with Gasteiger partial charge in [-0.3, -0.25) is 0 Å². The number of rotatable bonds is 3. The molecule has 2 rings (SSSR count). The Labute approximate surface area is 88.7 Å². The third-order valence-electron chi connectivity index (χ3n) is 2.61. The molecule has 1 heterocycles. The summed E-state index contributed by atoms with van der Waals surface area (Å²) in [4.78, 5) is 0. The molecule has 0 aromatic heterocycles. The maximum atomic E-state index is 10.1. The van der Waals surface area contributed by atoms with Crippen molar-refractivity contribution in [3.05, 3.63) is 35.4 Å². The molecule has 0 unspecified atom stereocenters. The van der Waals surface area contributed by atoms with Gasteiger partial charge in [0.15, 0.2) is 0 Å². The molecule has 0 bridgehead atoms. The van der Waals surface area contributed by atoms with E-state index in [1.54, 1.807) is 11.8 Å². The summed E-state index contributed by atoms with van der Waals surface area (Å²) in [5, 5.41) is 13.2. The summed E-state index contributed by atoms with van der Waals surface area (Å²) in [5.41, 5.74) is 1.71. The quantitative estimate of drug-likeness (QED) is 0.788. The monoisotopic (exact) mass is 209 g/mol. The second kappa shape index (κ2) is 3.93. The molecule has 0 aliphatic carbocycles. The Hall–Kier alpha value is -0.510. The molecule has 0 saturated carbocycles. The lowest BCUT2D eigenvalue weighted by Gasteiger charge is -2.38. The van der Waals surface area contributed by atoms with Crippen LogP contribution in [0.1, 0.15) is 11.1 Å². The van der Waals surface area contributed by atoms with E-state index in [1.807, 2.05) is 12.1 Å². The number of aliphatic hydroxyl groups is 1. The summed E-state index contributed by atoms with van der Waals surface area (Å²) in [7, 11) is 0. The average Bonchev–Trinajstić information content (AvgIpc) is 2.15. The molecule has 0 amide bonds. The van der Waals surface area contributed by atoms with Crippen LogP contribution in [0.4, 0.5) is 0 Å². The summed E-state index contributed by atoms with van der Waals surface area (Å²) >= 11 is 1.80. The molecule has 76 valence electrons. The van der Waals surface area contributed by atoms with E-state index in [0.29, 0.717) is 13.1 Å². The maximum absolute atomic E-state index is 10.1. The van der Waals surface area contributed by atoms with Crippen molar-refractivity contribution in [2.24, 2.45) is 0 Å². The maximum Gasteiger partial charge on any atom is 0.114 e. The molecule has 0 spiro atoms. The van der Waals surface area contributed by atoms with Crippen molar-refractivity contribution < 1.29 is 5.11 Å². The van der Waals surface area contributed by atoms with E-state index in [4.69, 9.17) is 0 Å². The Balaban J connectivity index is 2.21. The van der Waals surface area contributed by atoms with Gasteiger partial charge >= 0.3 is 0 Å². The first-order valence-corrected chi connectivity index (χ1v) is 6.15. The predicted octanol–water partition coefficient (Wildman–Crippen LogP) is 1.34. The lowest BCUT2D eigenvalue weighted by molar-refractivity contribution is -0.0147. The summed E-state index contributed by atoms with van der Waals surface area (Å²) in [6.07, 6.45) is 2.09. The molecule has 0 atom stereocenters. The van der Waals surface area contributed by atoms with Gasteiger partial charge in [0.1, 0.15) is 5.60 Å². The van der Waals surface area contributed by atoms with Crippen LogP contribution in [-0.4, -0.2) is 24.5 Å². The van der Waals surface area contributed by atoms with Gasteiger partial charge < -0.3 is 10.4 Å². The number of hydrogen-bond donors (Lipinski definition) is 2. The zero-order chi connectivity index (χ0) is 10.0. The van der Waals surface area contributed by atoms with Gasteiger partial charge in [-0.25, -0.2) is 0 Å². The van der Waals surface area contributed by atoms with Gasteiger partial charge in [-0.15, -0.1) is 0 Å². The van der Waals surface area contributed by atoms with Gasteiger partial charge in [0.25, 0.3) is 0 Å². The highest BCUT2D eigenvalue weighted by Gasteiger charge is 2.35. The molecule has 1 fully saturated rings. The molecular formula is C11H15NOS. The van der Waals surface area contributed by atoms with Crippen molar-refractivity contribution in [1.82, 2.24) is 5.32 Å². The van der Waals surface area contributed by atoms with Crippen molar-refractivity contribution in [2.45, 2.75) is 11.4 Å². The zero-order valence-electron chi connectivity index (χ0n) is 8.29. The minimum Gasteiger partial charge on any atom is -0.382 e. The van der Waals surface area contributed by atoms with E-state index < -0.39 is 5.60 Å². The summed E-state index contributed by atoms with van der Waals surface area (Å²) in [6.45, 7) is 1.35. The third kappa shape index (κ3) is 1.80. The first kappa shape index (κ1) is 10.0. The van der Waals surface area contributed by atoms with Gasteiger partial charge in [-0.1, -0.05) is 24.3 Å². The van der Waals surface area contributed by atoms with E-state index >= 15 is 0 Å². The second-order valence-electron chi connectivity index (χ2n) is 3.77. The molecule has 1 aromatic rings. The number of benzene rings is 1. The van der Waals surface area contributed by atoms with Crippen LogP contribution in [0.5, 0.6) is 0 Å². The predicted molar refractivity (Wildman–Crippen MR) is 60.4 cm³/mol. The van der Waals surface area contributed by atoms with Crippen LogP contribution in [0.25, 0.3) is 0 Å². The van der Waals surface area contributed by atoms with Crippen molar-refractivity contribution in [1.29, 1.82) is 0 Å². The van der Waals surface area contributed by atoms with Crippen LogP contribution in [0.3, 0.4) is 0 Å². The highest BCUT2D eigenvalue weighted by Crippen LogP contribution is 2.26. The van der Waals surface area contributed by atoms with Crippen LogP contribution in [-0.2, 0) is 11.4 Å². The van der Waals surface area contributed by atoms with Gasteiger partial charge in [0, 0.05) is 18.8 Å². The van der Waals surface area contributed by atoms with E-state index in [0.717, 1.165) is 11.3 Å². The Morgan fingerprint density at radius 2 is 2.29 bits per heavy atom. The Morgan fingerprint density at radius 1 is 1.50 bits per heavy atom. The van der Waals surface area contributed by atoms with Crippen LogP contribution >= 0.6 is 11.8 Å². The Kier molecular flexibility index (Phi) is 2.81. The highest BCUT2D eigenvalue weighted by molar-refractivity contribution is 7.97. The highest BCUT2D eigenvalue weighted by atomic mass is 32.2. The largest absolute Gasteiger partial charge is 0.382 e. The minimum absolute atomic E-state index is 0.617. The van der Waals surface area contributed by atoms with E-state index in [1.165, 1.54) is 5.56 Å². The number of thioether (sulfide) groups is 1. The van der Waals surface area contributed by atoms with Crippen LogP contribution in [0.15, 0.2) is 24.3 Å². The smallest absolute Gasteiger partial charge is 0.114 e. The molecule has 3 heteroatoms. The van der Waals surface area contributed by atoms with Crippen molar-refractivity contribution in [3.8, 4) is 0 Å². The molecule has 1 saturated heterocycles. The summed E-state index contributed by atoms with van der Waals surface area (Å²) < 4.78 is 0. The molecule has 1 aliphatic heterocycles. The SMILES string of the molecule is CSCc1cccc(C2(O)CNC2)c1. The lowest BCUT2D eigenvalue weighted by Crippen LogP contribution is -2.56. The zero-order valence-corrected chi connectivity index (χ0v) is 9.10. The molecule has 1 aliphatic rings. The van der Waals surface area contributed by atoms with Crippen molar-refractivity contribution >= 4 is 11.8 Å². The summed E-state index contributed by atoms with van der Waals surface area (Å²) in [5.74, 6) is 1.01. The number of nitrogens with one attached hydrogen (secondary N) is 1. The van der Waals surface area contributed by atoms with Crippen molar-refractivity contribution in [3.63, 3.8) is 0 Å². The fraction of sp³-hybridized carbons (Fsp3) is 0.455. The van der Waals surface area contributed by atoms with Crippen molar-refractivity contribution in [2.75, 3.05) is 19.3 Å².